The number of sulfonamides is 1. The molecule has 0 saturated carbocycles. The molecule has 4 rings (SSSR count). The number of hydrogen-bond donors (Lipinski definition) is 2. The minimum atomic E-state index is -4.86. The lowest BCUT2D eigenvalue weighted by Gasteiger charge is -2.24. The molecule has 0 aliphatic rings. The molecule has 0 bridgehead atoms. The highest BCUT2D eigenvalue weighted by atomic mass is 35.5. The van der Waals surface area contributed by atoms with Gasteiger partial charge in [0.2, 0.25) is 0 Å². The minimum Gasteiger partial charge on any atom is -0.507 e. The fraction of sp³-hybridized carbons (Fsp3) is 0.0769. The Hall–Kier alpha value is -4.09. The number of rotatable bonds is 7. The van der Waals surface area contributed by atoms with Crippen molar-refractivity contribution in [1.29, 1.82) is 0 Å². The zero-order chi connectivity index (χ0) is 27.5. The van der Waals surface area contributed by atoms with Crippen LogP contribution in [-0.4, -0.2) is 32.2 Å². The van der Waals surface area contributed by atoms with E-state index >= 15 is 0 Å². The number of anilines is 1. The number of halogens is 4. The third-order valence-corrected chi connectivity index (χ3v) is 7.61. The molecule has 0 unspecified atom stereocenters. The number of aromatic hydroxyl groups is 1. The molecule has 2 N–H and O–H groups in total. The van der Waals surface area contributed by atoms with E-state index < -0.39 is 44.9 Å². The van der Waals surface area contributed by atoms with Gasteiger partial charge in [0.15, 0.2) is 0 Å². The summed E-state index contributed by atoms with van der Waals surface area (Å²) in [6, 6.07) is 19.8. The van der Waals surface area contributed by atoms with Gasteiger partial charge in [0.05, 0.1) is 27.4 Å². The van der Waals surface area contributed by atoms with Crippen LogP contribution in [0, 0.1) is 0 Å². The standard InChI is InChI=1S/C26H19ClF3N3O4S/c27-23-12-11-18(14-22(23)26(28,29)30)33(38(36,37)19-7-2-1-3-8-19)16-25(35)32-31-15-21-20-9-5-4-6-17(20)10-13-24(21)34/h1-15,34H,16H2,(H,32,35). The molecule has 38 heavy (non-hydrogen) atoms. The van der Waals surface area contributed by atoms with Gasteiger partial charge in [-0.25, -0.2) is 13.8 Å². The van der Waals surface area contributed by atoms with E-state index in [9.17, 15) is 31.5 Å². The Labute approximate surface area is 220 Å². The largest absolute Gasteiger partial charge is 0.507 e. The fourth-order valence-electron chi connectivity index (χ4n) is 3.67. The minimum absolute atomic E-state index is 0.101. The normalized spacial score (nSPS) is 12.1. The molecule has 0 aliphatic heterocycles. The van der Waals surface area contributed by atoms with Gasteiger partial charge in [-0.1, -0.05) is 60.1 Å². The van der Waals surface area contributed by atoms with Crippen molar-refractivity contribution in [2.24, 2.45) is 5.10 Å². The van der Waals surface area contributed by atoms with Crippen LogP contribution in [0.1, 0.15) is 11.1 Å². The van der Waals surface area contributed by atoms with Crippen LogP contribution in [0.3, 0.4) is 0 Å². The number of hydrogen-bond acceptors (Lipinski definition) is 5. The lowest BCUT2D eigenvalue weighted by atomic mass is 10.0. The number of fused-ring (bicyclic) bond motifs is 1. The predicted molar refractivity (Wildman–Crippen MR) is 139 cm³/mol. The molecule has 0 fully saturated rings. The van der Waals surface area contributed by atoms with Crippen LogP contribution in [0.4, 0.5) is 18.9 Å². The maximum atomic E-state index is 13.5. The number of carbonyl (C=O) groups is 1. The van der Waals surface area contributed by atoms with Gasteiger partial charge in [0.1, 0.15) is 12.3 Å². The molecule has 0 spiro atoms. The molecule has 196 valence electrons. The Balaban J connectivity index is 1.66. The van der Waals surface area contributed by atoms with Crippen molar-refractivity contribution in [2.75, 3.05) is 10.8 Å². The highest BCUT2D eigenvalue weighted by Crippen LogP contribution is 2.38. The maximum absolute atomic E-state index is 13.5. The average Bonchev–Trinajstić information content (AvgIpc) is 2.89. The van der Waals surface area contributed by atoms with Gasteiger partial charge in [-0.3, -0.25) is 9.10 Å². The molecular formula is C26H19ClF3N3O4S. The number of phenols is 1. The van der Waals surface area contributed by atoms with E-state index in [-0.39, 0.29) is 10.6 Å². The van der Waals surface area contributed by atoms with Crippen molar-refractivity contribution in [1.82, 2.24) is 5.43 Å². The second kappa shape index (κ2) is 10.7. The monoisotopic (exact) mass is 561 g/mol. The van der Waals surface area contributed by atoms with Crippen molar-refractivity contribution in [3.63, 3.8) is 0 Å². The highest BCUT2D eigenvalue weighted by molar-refractivity contribution is 7.92. The summed E-state index contributed by atoms with van der Waals surface area (Å²) in [7, 11) is -4.47. The number of phenolic OH excluding ortho intramolecular Hbond substituents is 1. The van der Waals surface area contributed by atoms with Crippen LogP contribution in [0.25, 0.3) is 10.8 Å². The smallest absolute Gasteiger partial charge is 0.417 e. The van der Waals surface area contributed by atoms with E-state index in [1.54, 1.807) is 24.3 Å². The molecule has 0 heterocycles. The second-order valence-electron chi connectivity index (χ2n) is 8.00. The second-order valence-corrected chi connectivity index (χ2v) is 10.3. The Morgan fingerprint density at radius 3 is 2.39 bits per heavy atom. The molecule has 0 aromatic heterocycles. The number of hydrazone groups is 1. The van der Waals surface area contributed by atoms with Crippen molar-refractivity contribution in [2.45, 2.75) is 11.1 Å². The summed E-state index contributed by atoms with van der Waals surface area (Å²) in [5.74, 6) is -1.04. The summed E-state index contributed by atoms with van der Waals surface area (Å²) in [6.45, 7) is -0.894. The number of benzene rings is 4. The first-order chi connectivity index (χ1) is 18.0. The van der Waals surface area contributed by atoms with E-state index in [0.717, 1.165) is 17.5 Å². The summed E-state index contributed by atoms with van der Waals surface area (Å²) in [6.07, 6.45) is -3.67. The molecule has 12 heteroatoms. The van der Waals surface area contributed by atoms with Crippen molar-refractivity contribution in [3.8, 4) is 5.75 Å². The molecule has 4 aromatic carbocycles. The Kier molecular flexibility index (Phi) is 7.61. The molecule has 0 radical (unpaired) electrons. The topological polar surface area (TPSA) is 99.1 Å². The lowest BCUT2D eigenvalue weighted by Crippen LogP contribution is -2.39. The van der Waals surface area contributed by atoms with Crippen molar-refractivity contribution < 1.29 is 31.5 Å². The van der Waals surface area contributed by atoms with E-state index in [0.29, 0.717) is 21.3 Å². The van der Waals surface area contributed by atoms with Gasteiger partial charge in [-0.2, -0.15) is 18.3 Å². The lowest BCUT2D eigenvalue weighted by molar-refractivity contribution is -0.137. The van der Waals surface area contributed by atoms with Gasteiger partial charge in [-0.15, -0.1) is 0 Å². The van der Waals surface area contributed by atoms with E-state index in [1.807, 2.05) is 12.1 Å². The number of alkyl halides is 3. The van der Waals surface area contributed by atoms with Gasteiger partial charge in [0, 0.05) is 5.56 Å². The van der Waals surface area contributed by atoms with Crippen molar-refractivity contribution in [3.05, 3.63) is 101 Å². The number of carbonyl (C=O) groups excluding carboxylic acids is 1. The summed E-state index contributed by atoms with van der Waals surface area (Å²) < 4.78 is 67.7. The van der Waals surface area contributed by atoms with Crippen LogP contribution in [0.5, 0.6) is 5.75 Å². The van der Waals surface area contributed by atoms with Crippen LogP contribution in [-0.2, 0) is 21.0 Å². The van der Waals surface area contributed by atoms with E-state index in [2.05, 4.69) is 10.5 Å². The Morgan fingerprint density at radius 1 is 1.00 bits per heavy atom. The maximum Gasteiger partial charge on any atom is 0.417 e. The van der Waals surface area contributed by atoms with Crippen LogP contribution in [0.15, 0.2) is 94.9 Å². The summed E-state index contributed by atoms with van der Waals surface area (Å²) >= 11 is 5.70. The summed E-state index contributed by atoms with van der Waals surface area (Å²) in [5.41, 5.74) is 0.803. The molecular weight excluding hydrogens is 543 g/mol. The first-order valence-electron chi connectivity index (χ1n) is 11.0. The summed E-state index contributed by atoms with van der Waals surface area (Å²) in [5, 5.41) is 14.9. The molecule has 0 aliphatic carbocycles. The molecule has 4 aromatic rings. The van der Waals surface area contributed by atoms with Gasteiger partial charge >= 0.3 is 6.18 Å². The van der Waals surface area contributed by atoms with Gasteiger partial charge < -0.3 is 5.11 Å². The molecule has 0 atom stereocenters. The number of nitrogens with zero attached hydrogens (tertiary/aromatic N) is 2. The predicted octanol–water partition coefficient (Wildman–Crippen LogP) is 5.56. The number of amides is 1. The van der Waals surface area contributed by atoms with E-state index in [4.69, 9.17) is 11.6 Å². The zero-order valence-corrected chi connectivity index (χ0v) is 20.9. The van der Waals surface area contributed by atoms with Crippen LogP contribution < -0.4 is 9.73 Å². The molecule has 0 saturated heterocycles. The highest BCUT2D eigenvalue weighted by Gasteiger charge is 2.35. The van der Waals surface area contributed by atoms with Gasteiger partial charge in [0.25, 0.3) is 15.9 Å². The number of nitrogens with one attached hydrogen (secondary N) is 1. The van der Waals surface area contributed by atoms with Gasteiger partial charge in [-0.05, 0) is 47.2 Å². The average molecular weight is 562 g/mol. The Bertz CT molecular complexity index is 1630. The Morgan fingerprint density at radius 2 is 1.68 bits per heavy atom. The van der Waals surface area contributed by atoms with E-state index in [1.165, 1.54) is 36.5 Å². The quantitative estimate of drug-likeness (QED) is 0.228. The van der Waals surface area contributed by atoms with Crippen LogP contribution >= 0.6 is 11.6 Å². The van der Waals surface area contributed by atoms with Crippen LogP contribution in [0.2, 0.25) is 5.02 Å². The van der Waals surface area contributed by atoms with Crippen molar-refractivity contribution >= 4 is 50.2 Å². The summed E-state index contributed by atoms with van der Waals surface area (Å²) in [4.78, 5) is 12.5. The molecule has 7 nitrogen and oxygen atoms in total. The fourth-order valence-corrected chi connectivity index (χ4v) is 5.33. The SMILES string of the molecule is O=C(CN(c1ccc(Cl)c(C(F)(F)F)c1)S(=O)(=O)c1ccccc1)NN=Cc1c(O)ccc2ccccc12. The third-order valence-electron chi connectivity index (χ3n) is 5.49. The zero-order valence-electron chi connectivity index (χ0n) is 19.4. The molecule has 1 amide bonds. The first kappa shape index (κ1) is 27.0. The first-order valence-corrected chi connectivity index (χ1v) is 12.8. The third kappa shape index (κ3) is 5.74.